The van der Waals surface area contributed by atoms with Crippen molar-refractivity contribution in [3.63, 3.8) is 0 Å². The number of nitrogens with two attached hydrogens (primary N) is 1. The van der Waals surface area contributed by atoms with E-state index in [0.29, 0.717) is 16.8 Å². The van der Waals surface area contributed by atoms with Crippen molar-refractivity contribution in [2.24, 2.45) is 0 Å². The van der Waals surface area contributed by atoms with Crippen LogP contribution in [0.4, 0.5) is 14.5 Å². The van der Waals surface area contributed by atoms with E-state index in [9.17, 15) is 13.6 Å². The molecule has 0 spiro atoms. The van der Waals surface area contributed by atoms with Crippen molar-refractivity contribution in [1.82, 2.24) is 0 Å². The summed E-state index contributed by atoms with van der Waals surface area (Å²) in [4.78, 5) is 12.0. The maximum Gasteiger partial charge on any atom is 0.167 e. The molecule has 0 saturated heterocycles. The van der Waals surface area contributed by atoms with E-state index in [0.717, 1.165) is 17.7 Å². The van der Waals surface area contributed by atoms with Gasteiger partial charge in [0.25, 0.3) is 0 Å². The van der Waals surface area contributed by atoms with Gasteiger partial charge in [-0.3, -0.25) is 4.79 Å². The SMILES string of the molecule is Cc1cc(C(=O)Cc2ccc(F)c(F)c2)ccc1N. The summed E-state index contributed by atoms with van der Waals surface area (Å²) in [7, 11) is 0. The Morgan fingerprint density at radius 1 is 1.11 bits per heavy atom. The summed E-state index contributed by atoms with van der Waals surface area (Å²) in [6.07, 6.45) is 0.0283. The Morgan fingerprint density at radius 3 is 2.47 bits per heavy atom. The second kappa shape index (κ2) is 5.18. The van der Waals surface area contributed by atoms with Gasteiger partial charge in [0.2, 0.25) is 0 Å². The van der Waals surface area contributed by atoms with Gasteiger partial charge in [-0.15, -0.1) is 0 Å². The summed E-state index contributed by atoms with van der Waals surface area (Å²) in [5.41, 5.74) is 8.06. The summed E-state index contributed by atoms with van der Waals surface area (Å²) in [6.45, 7) is 1.81. The smallest absolute Gasteiger partial charge is 0.167 e. The van der Waals surface area contributed by atoms with Crippen LogP contribution in [0.3, 0.4) is 0 Å². The Labute approximate surface area is 109 Å². The first-order valence-electron chi connectivity index (χ1n) is 5.80. The molecular weight excluding hydrogens is 248 g/mol. The number of Topliss-reactive ketones (excluding diaryl/α,β-unsaturated/α-hetero) is 1. The van der Waals surface area contributed by atoms with Crippen molar-refractivity contribution >= 4 is 11.5 Å². The summed E-state index contributed by atoms with van der Waals surface area (Å²) in [5, 5.41) is 0. The summed E-state index contributed by atoms with van der Waals surface area (Å²) in [5.74, 6) is -2.02. The van der Waals surface area contributed by atoms with Gasteiger partial charge in [0, 0.05) is 17.7 Å². The van der Waals surface area contributed by atoms with Gasteiger partial charge in [-0.05, 0) is 48.4 Å². The Balaban J connectivity index is 2.20. The molecule has 0 saturated carbocycles. The van der Waals surface area contributed by atoms with Gasteiger partial charge < -0.3 is 5.73 Å². The third-order valence-electron chi connectivity index (χ3n) is 2.94. The topological polar surface area (TPSA) is 43.1 Å². The molecule has 0 unspecified atom stereocenters. The lowest BCUT2D eigenvalue weighted by Crippen LogP contribution is -2.05. The van der Waals surface area contributed by atoms with Crippen molar-refractivity contribution in [3.05, 3.63) is 64.7 Å². The number of aryl methyl sites for hydroxylation is 1. The number of hydrogen-bond acceptors (Lipinski definition) is 2. The minimum absolute atomic E-state index is 0.0283. The predicted octanol–water partition coefficient (Wildman–Crippen LogP) is 3.28. The second-order valence-electron chi connectivity index (χ2n) is 4.42. The molecule has 4 heteroatoms. The molecule has 0 atom stereocenters. The van der Waals surface area contributed by atoms with E-state index in [4.69, 9.17) is 5.73 Å². The molecule has 2 aromatic rings. The number of rotatable bonds is 3. The maximum absolute atomic E-state index is 13.0. The third-order valence-corrected chi connectivity index (χ3v) is 2.94. The van der Waals surface area contributed by atoms with Crippen LogP contribution in [0.2, 0.25) is 0 Å². The van der Waals surface area contributed by atoms with Crippen LogP contribution < -0.4 is 5.73 Å². The Hall–Kier alpha value is -2.23. The average Bonchev–Trinajstić information content (AvgIpc) is 2.37. The molecule has 0 aliphatic carbocycles. The molecule has 2 N–H and O–H groups in total. The van der Waals surface area contributed by atoms with E-state index in [1.807, 2.05) is 6.92 Å². The van der Waals surface area contributed by atoms with Crippen molar-refractivity contribution in [2.45, 2.75) is 13.3 Å². The third kappa shape index (κ3) is 2.96. The fourth-order valence-electron chi connectivity index (χ4n) is 1.79. The number of nitrogen functional groups attached to an aromatic ring is 1. The van der Waals surface area contributed by atoms with Crippen molar-refractivity contribution in [3.8, 4) is 0 Å². The monoisotopic (exact) mass is 261 g/mol. The van der Waals surface area contributed by atoms with Crippen LogP contribution in [0.15, 0.2) is 36.4 Å². The van der Waals surface area contributed by atoms with Crippen LogP contribution in [0.1, 0.15) is 21.5 Å². The lowest BCUT2D eigenvalue weighted by Gasteiger charge is -2.05. The number of carbonyl (C=O) groups excluding carboxylic acids is 1. The van der Waals surface area contributed by atoms with E-state index in [2.05, 4.69) is 0 Å². The number of hydrogen-bond donors (Lipinski definition) is 1. The van der Waals surface area contributed by atoms with Crippen LogP contribution in [0, 0.1) is 18.6 Å². The zero-order valence-electron chi connectivity index (χ0n) is 10.4. The van der Waals surface area contributed by atoms with Crippen molar-refractivity contribution < 1.29 is 13.6 Å². The molecule has 0 aromatic heterocycles. The lowest BCUT2D eigenvalue weighted by molar-refractivity contribution is 0.0993. The molecular formula is C15H13F2NO. The largest absolute Gasteiger partial charge is 0.399 e. The van der Waals surface area contributed by atoms with Crippen molar-refractivity contribution in [2.75, 3.05) is 5.73 Å². The Kier molecular flexibility index (Phi) is 3.60. The van der Waals surface area contributed by atoms with Crippen LogP contribution in [0.5, 0.6) is 0 Å². The summed E-state index contributed by atoms with van der Waals surface area (Å²) < 4.78 is 25.8. The lowest BCUT2D eigenvalue weighted by atomic mass is 10.0. The highest BCUT2D eigenvalue weighted by molar-refractivity contribution is 5.98. The van der Waals surface area contributed by atoms with Crippen LogP contribution >= 0.6 is 0 Å². The number of ketones is 1. The molecule has 19 heavy (non-hydrogen) atoms. The van der Waals surface area contributed by atoms with E-state index in [1.165, 1.54) is 6.07 Å². The molecule has 0 heterocycles. The highest BCUT2D eigenvalue weighted by Gasteiger charge is 2.10. The van der Waals surface area contributed by atoms with Crippen LogP contribution in [0.25, 0.3) is 0 Å². The van der Waals surface area contributed by atoms with E-state index in [1.54, 1.807) is 18.2 Å². The highest BCUT2D eigenvalue weighted by Crippen LogP contribution is 2.16. The fourth-order valence-corrected chi connectivity index (χ4v) is 1.79. The molecule has 0 bridgehead atoms. The first-order chi connectivity index (χ1) is 8.97. The number of benzene rings is 2. The van der Waals surface area contributed by atoms with Gasteiger partial charge in [0.1, 0.15) is 0 Å². The minimum atomic E-state index is -0.946. The van der Waals surface area contributed by atoms with Gasteiger partial charge >= 0.3 is 0 Å². The Morgan fingerprint density at radius 2 is 1.84 bits per heavy atom. The van der Waals surface area contributed by atoms with Gasteiger partial charge in [-0.2, -0.15) is 0 Å². The second-order valence-corrected chi connectivity index (χ2v) is 4.42. The first kappa shape index (κ1) is 13.2. The normalized spacial score (nSPS) is 10.5. The molecule has 0 radical (unpaired) electrons. The number of halogens is 2. The molecule has 98 valence electrons. The first-order valence-corrected chi connectivity index (χ1v) is 5.80. The molecule has 0 amide bonds. The van der Waals surface area contributed by atoms with E-state index >= 15 is 0 Å². The number of carbonyl (C=O) groups is 1. The molecule has 0 aliphatic rings. The Bertz CT molecular complexity index is 638. The molecule has 0 aliphatic heterocycles. The van der Waals surface area contributed by atoms with Gasteiger partial charge in [-0.1, -0.05) is 6.07 Å². The zero-order chi connectivity index (χ0) is 14.0. The standard InChI is InChI=1S/C15H13F2NO/c1-9-6-11(3-5-14(9)18)15(19)8-10-2-4-12(16)13(17)7-10/h2-7H,8,18H2,1H3. The number of anilines is 1. The molecule has 2 nitrogen and oxygen atoms in total. The highest BCUT2D eigenvalue weighted by atomic mass is 19.2. The predicted molar refractivity (Wildman–Crippen MR) is 70.0 cm³/mol. The fraction of sp³-hybridized carbons (Fsp3) is 0.133. The van der Waals surface area contributed by atoms with E-state index < -0.39 is 11.6 Å². The van der Waals surface area contributed by atoms with Gasteiger partial charge in [0.15, 0.2) is 17.4 Å². The van der Waals surface area contributed by atoms with Crippen LogP contribution in [-0.2, 0) is 6.42 Å². The molecule has 2 aromatic carbocycles. The average molecular weight is 261 g/mol. The van der Waals surface area contributed by atoms with E-state index in [-0.39, 0.29) is 12.2 Å². The maximum atomic E-state index is 13.0. The van der Waals surface area contributed by atoms with Gasteiger partial charge in [0.05, 0.1) is 0 Å². The van der Waals surface area contributed by atoms with Crippen molar-refractivity contribution in [1.29, 1.82) is 0 Å². The quantitative estimate of drug-likeness (QED) is 0.680. The minimum Gasteiger partial charge on any atom is -0.399 e. The molecule has 0 fully saturated rings. The summed E-state index contributed by atoms with van der Waals surface area (Å²) >= 11 is 0. The molecule has 2 rings (SSSR count). The van der Waals surface area contributed by atoms with Gasteiger partial charge in [-0.25, -0.2) is 8.78 Å². The zero-order valence-corrected chi connectivity index (χ0v) is 10.4. The summed E-state index contributed by atoms with van der Waals surface area (Å²) in [6, 6.07) is 8.44. The van der Waals surface area contributed by atoms with Crippen LogP contribution in [-0.4, -0.2) is 5.78 Å².